The maximum atomic E-state index is 5.78. The summed E-state index contributed by atoms with van der Waals surface area (Å²) in [7, 11) is 1.57. The molecule has 0 N–H and O–H groups in total. The number of fused-ring (bicyclic) bond motifs is 1. The molecule has 2 rings (SSSR count). The maximum Gasteiger partial charge on any atom is 0.131 e. The Kier molecular flexibility index (Phi) is 4.56. The molecule has 0 amide bonds. The Balaban J connectivity index is 2.57. The summed E-state index contributed by atoms with van der Waals surface area (Å²) in [5.41, 5.74) is 4.41. The molecule has 0 saturated heterocycles. The molecule has 0 spiro atoms. The predicted molar refractivity (Wildman–Crippen MR) is 79.0 cm³/mol. The van der Waals surface area contributed by atoms with Gasteiger partial charge in [0.1, 0.15) is 12.4 Å². The minimum Gasteiger partial charge on any atom is -0.492 e. The highest BCUT2D eigenvalue weighted by Crippen LogP contribution is 2.39. The van der Waals surface area contributed by atoms with Gasteiger partial charge in [0, 0.05) is 16.9 Å². The third-order valence-electron chi connectivity index (χ3n) is 2.94. The molecule has 0 bridgehead atoms. The van der Waals surface area contributed by atoms with Gasteiger partial charge in [0.2, 0.25) is 0 Å². The van der Waals surface area contributed by atoms with E-state index in [2.05, 4.69) is 39.9 Å². The topological polar surface area (TPSA) is 30.8 Å². The Morgan fingerprint density at radius 1 is 1.50 bits per heavy atom. The van der Waals surface area contributed by atoms with Crippen LogP contribution in [0.4, 0.5) is 0 Å². The van der Waals surface area contributed by atoms with E-state index in [-0.39, 0.29) is 0 Å². The normalized spacial score (nSPS) is 16.3. The van der Waals surface area contributed by atoms with Crippen LogP contribution in [0, 0.1) is 13.8 Å². The molecule has 0 radical (unpaired) electrons. The number of nitrogens with zero attached hydrogens (tertiary/aromatic N) is 1. The van der Waals surface area contributed by atoms with Crippen molar-refractivity contribution in [3.05, 3.63) is 22.8 Å². The van der Waals surface area contributed by atoms with Crippen LogP contribution in [0.5, 0.6) is 5.75 Å². The zero-order valence-electron chi connectivity index (χ0n) is 10.7. The van der Waals surface area contributed by atoms with Crippen LogP contribution in [0.1, 0.15) is 30.0 Å². The molecule has 3 nitrogen and oxygen atoms in total. The Labute approximate surface area is 119 Å². The molecular weight excluding hydrogens is 314 g/mol. The van der Waals surface area contributed by atoms with Gasteiger partial charge in [0.25, 0.3) is 0 Å². The summed E-state index contributed by atoms with van der Waals surface area (Å²) in [6.07, 6.45) is 0.795. The Morgan fingerprint density at radius 2 is 2.28 bits per heavy atom. The van der Waals surface area contributed by atoms with E-state index in [4.69, 9.17) is 9.57 Å². The average Bonchev–Trinajstić information content (AvgIpc) is 2.40. The molecule has 0 atom stereocenters. The van der Waals surface area contributed by atoms with Crippen LogP contribution in [-0.2, 0) is 4.84 Å². The Morgan fingerprint density at radius 3 is 2.94 bits per heavy atom. The molecule has 0 aromatic heterocycles. The van der Waals surface area contributed by atoms with Crippen molar-refractivity contribution >= 4 is 30.7 Å². The quantitative estimate of drug-likeness (QED) is 0.777. The average molecular weight is 330 g/mol. The molecule has 0 fully saturated rings. The second-order valence-corrected chi connectivity index (χ2v) is 5.72. The number of ether oxygens (including phenoxy) is 1. The summed E-state index contributed by atoms with van der Waals surface area (Å²) in [4.78, 5) is 6.41. The van der Waals surface area contributed by atoms with Crippen LogP contribution in [0.15, 0.2) is 16.1 Å². The number of benzene rings is 1. The Hall–Kier alpha value is -0.680. The first-order valence-electron chi connectivity index (χ1n) is 5.93. The molecular formula is C13H16BrNO2S. The van der Waals surface area contributed by atoms with Crippen molar-refractivity contribution in [2.75, 3.05) is 13.2 Å². The van der Waals surface area contributed by atoms with Gasteiger partial charge < -0.3 is 9.57 Å². The molecule has 0 unspecified atom stereocenters. The number of halogens is 1. The van der Waals surface area contributed by atoms with Crippen LogP contribution >= 0.6 is 25.0 Å². The fourth-order valence-electron chi connectivity index (χ4n) is 2.08. The van der Waals surface area contributed by atoms with Gasteiger partial charge in [-0.3, -0.25) is 0 Å². The van der Waals surface area contributed by atoms with E-state index < -0.39 is 0 Å². The van der Waals surface area contributed by atoms with Crippen molar-refractivity contribution in [2.24, 2.45) is 5.16 Å². The summed E-state index contributed by atoms with van der Waals surface area (Å²) in [5, 5.41) is 4.23. The maximum absolute atomic E-state index is 5.78. The molecule has 1 aliphatic rings. The number of aryl methyl sites for hydroxylation is 1. The smallest absolute Gasteiger partial charge is 0.131 e. The van der Waals surface area contributed by atoms with E-state index >= 15 is 0 Å². The van der Waals surface area contributed by atoms with Gasteiger partial charge in [-0.05, 0) is 63.0 Å². The largest absolute Gasteiger partial charge is 0.492 e. The standard InChI is InChI=1S/C13H16BrNO2S/c1-4-17-15-10-5-6-16-13-8(2)7-11(18-14)9(3)12(10)13/h7H,4-6H2,1-3H3. The van der Waals surface area contributed by atoms with E-state index in [0.29, 0.717) is 13.2 Å². The minimum atomic E-state index is 0.588. The van der Waals surface area contributed by atoms with E-state index in [1.807, 2.05) is 6.92 Å². The fourth-order valence-corrected chi connectivity index (χ4v) is 3.53. The van der Waals surface area contributed by atoms with Crippen molar-refractivity contribution in [1.82, 2.24) is 0 Å². The molecule has 18 heavy (non-hydrogen) atoms. The van der Waals surface area contributed by atoms with Crippen molar-refractivity contribution in [3.8, 4) is 5.75 Å². The van der Waals surface area contributed by atoms with Gasteiger partial charge >= 0.3 is 0 Å². The SMILES string of the molecule is CCON=C1CCOc2c(C)cc(SBr)c(C)c21. The molecule has 1 aromatic carbocycles. The van der Waals surface area contributed by atoms with Crippen LogP contribution in [-0.4, -0.2) is 18.9 Å². The second kappa shape index (κ2) is 5.97. The molecule has 0 aliphatic carbocycles. The summed E-state index contributed by atoms with van der Waals surface area (Å²) < 4.78 is 5.78. The van der Waals surface area contributed by atoms with Gasteiger partial charge in [-0.2, -0.15) is 0 Å². The fraction of sp³-hybridized carbons (Fsp3) is 0.462. The van der Waals surface area contributed by atoms with Gasteiger partial charge in [0.05, 0.1) is 12.3 Å². The first-order chi connectivity index (χ1) is 8.69. The lowest BCUT2D eigenvalue weighted by Gasteiger charge is -2.23. The van der Waals surface area contributed by atoms with Crippen LogP contribution in [0.3, 0.4) is 0 Å². The predicted octanol–water partition coefficient (Wildman–Crippen LogP) is 4.23. The van der Waals surface area contributed by atoms with Crippen LogP contribution in [0.2, 0.25) is 0 Å². The molecule has 5 heteroatoms. The van der Waals surface area contributed by atoms with E-state index in [0.717, 1.165) is 29.0 Å². The number of oxime groups is 1. The van der Waals surface area contributed by atoms with Crippen LogP contribution in [0.25, 0.3) is 0 Å². The molecule has 98 valence electrons. The van der Waals surface area contributed by atoms with Crippen molar-refractivity contribution in [1.29, 1.82) is 0 Å². The first kappa shape index (κ1) is 13.7. The van der Waals surface area contributed by atoms with E-state index in [1.165, 1.54) is 10.5 Å². The van der Waals surface area contributed by atoms with Crippen LogP contribution < -0.4 is 4.74 Å². The third kappa shape index (κ3) is 2.52. The highest BCUT2D eigenvalue weighted by atomic mass is 79.9. The van der Waals surface area contributed by atoms with Gasteiger partial charge in [-0.1, -0.05) is 5.16 Å². The lowest BCUT2D eigenvalue weighted by atomic mass is 9.96. The minimum absolute atomic E-state index is 0.588. The van der Waals surface area contributed by atoms with Crippen molar-refractivity contribution in [3.63, 3.8) is 0 Å². The number of hydrogen-bond donors (Lipinski definition) is 0. The molecule has 1 aliphatic heterocycles. The van der Waals surface area contributed by atoms with Gasteiger partial charge in [0.15, 0.2) is 0 Å². The lowest BCUT2D eigenvalue weighted by Crippen LogP contribution is -2.19. The monoisotopic (exact) mass is 329 g/mol. The molecule has 1 heterocycles. The van der Waals surface area contributed by atoms with E-state index in [9.17, 15) is 0 Å². The van der Waals surface area contributed by atoms with Gasteiger partial charge in [-0.15, -0.1) is 0 Å². The number of hydrogen-bond acceptors (Lipinski definition) is 4. The van der Waals surface area contributed by atoms with E-state index in [1.54, 1.807) is 10.2 Å². The van der Waals surface area contributed by atoms with Crippen molar-refractivity contribution in [2.45, 2.75) is 32.1 Å². The highest BCUT2D eigenvalue weighted by molar-refractivity contribution is 9.50. The lowest BCUT2D eigenvalue weighted by molar-refractivity contribution is 0.157. The first-order valence-corrected chi connectivity index (χ1v) is 8.59. The Bertz CT molecular complexity index is 488. The summed E-state index contributed by atoms with van der Waals surface area (Å²) >= 11 is 3.45. The summed E-state index contributed by atoms with van der Waals surface area (Å²) in [5.74, 6) is 0.947. The second-order valence-electron chi connectivity index (χ2n) is 4.15. The van der Waals surface area contributed by atoms with Crippen molar-refractivity contribution < 1.29 is 9.57 Å². The highest BCUT2D eigenvalue weighted by Gasteiger charge is 2.23. The molecule has 1 aromatic rings. The van der Waals surface area contributed by atoms with Gasteiger partial charge in [-0.25, -0.2) is 0 Å². The molecule has 0 saturated carbocycles. The zero-order chi connectivity index (χ0) is 13.1. The summed E-state index contributed by atoms with van der Waals surface area (Å²) in [6.45, 7) is 7.35. The third-order valence-corrected chi connectivity index (χ3v) is 4.57. The number of rotatable bonds is 3. The summed E-state index contributed by atoms with van der Waals surface area (Å²) in [6, 6.07) is 2.14. The zero-order valence-corrected chi connectivity index (χ0v) is 13.2.